The standard InChI is InChI=1S/C11H12N4O4/c1-18-7-4-6(5-7)12-8-2-3-9(15(16)17)11-10(8)13-19-14-11/h2-3,6-7,12H,4-5H2,1H3. The molecule has 1 aromatic heterocycles. The van der Waals surface area contributed by atoms with Gasteiger partial charge in [-0.1, -0.05) is 0 Å². The van der Waals surface area contributed by atoms with Crippen molar-refractivity contribution in [2.75, 3.05) is 12.4 Å². The fourth-order valence-corrected chi connectivity index (χ4v) is 2.21. The Morgan fingerprint density at radius 2 is 2.16 bits per heavy atom. The summed E-state index contributed by atoms with van der Waals surface area (Å²) in [5, 5.41) is 21.4. The molecular weight excluding hydrogens is 252 g/mol. The molecule has 0 radical (unpaired) electrons. The number of nitro groups is 1. The van der Waals surface area contributed by atoms with Crippen molar-refractivity contribution >= 4 is 22.4 Å². The highest BCUT2D eigenvalue weighted by Gasteiger charge is 2.30. The fraction of sp³-hybridized carbons (Fsp3) is 0.455. The number of benzene rings is 1. The number of nitrogens with one attached hydrogen (secondary N) is 1. The Hall–Kier alpha value is -2.22. The summed E-state index contributed by atoms with van der Waals surface area (Å²) in [4.78, 5) is 10.4. The van der Waals surface area contributed by atoms with Gasteiger partial charge in [-0.05, 0) is 29.2 Å². The molecule has 0 unspecified atom stereocenters. The summed E-state index contributed by atoms with van der Waals surface area (Å²) >= 11 is 0. The van der Waals surface area contributed by atoms with Gasteiger partial charge in [-0.2, -0.15) is 0 Å². The van der Waals surface area contributed by atoms with Gasteiger partial charge in [0.25, 0.3) is 0 Å². The van der Waals surface area contributed by atoms with Gasteiger partial charge in [-0.15, -0.1) is 0 Å². The molecular formula is C11H12N4O4. The summed E-state index contributed by atoms with van der Waals surface area (Å²) in [6.45, 7) is 0. The lowest BCUT2D eigenvalue weighted by Gasteiger charge is -2.35. The summed E-state index contributed by atoms with van der Waals surface area (Å²) in [6.07, 6.45) is 2.09. The molecule has 1 fully saturated rings. The van der Waals surface area contributed by atoms with E-state index in [0.717, 1.165) is 12.8 Å². The SMILES string of the molecule is COC1CC(Nc2ccc([N+](=O)[O-])c3nonc23)C1. The predicted octanol–water partition coefficient (Wildman–Crippen LogP) is 1.72. The minimum Gasteiger partial charge on any atom is -0.381 e. The number of methoxy groups -OCH3 is 1. The summed E-state index contributed by atoms with van der Waals surface area (Å²) in [5.74, 6) is 0. The van der Waals surface area contributed by atoms with Crippen molar-refractivity contribution in [3.8, 4) is 0 Å². The Morgan fingerprint density at radius 1 is 1.42 bits per heavy atom. The average molecular weight is 264 g/mol. The number of fused-ring (bicyclic) bond motifs is 1. The Labute approximate surface area is 107 Å². The van der Waals surface area contributed by atoms with Gasteiger partial charge in [-0.25, -0.2) is 4.63 Å². The van der Waals surface area contributed by atoms with E-state index in [9.17, 15) is 10.1 Å². The third-order valence-electron chi connectivity index (χ3n) is 3.38. The lowest BCUT2D eigenvalue weighted by Crippen LogP contribution is -2.40. The molecule has 0 amide bonds. The maximum atomic E-state index is 10.9. The van der Waals surface area contributed by atoms with Crippen molar-refractivity contribution < 1.29 is 14.3 Å². The molecule has 1 aliphatic carbocycles. The highest BCUT2D eigenvalue weighted by Crippen LogP contribution is 2.32. The van der Waals surface area contributed by atoms with E-state index in [2.05, 4.69) is 20.3 Å². The van der Waals surface area contributed by atoms with Crippen LogP contribution >= 0.6 is 0 Å². The van der Waals surface area contributed by atoms with Gasteiger partial charge in [0, 0.05) is 19.2 Å². The summed E-state index contributed by atoms with van der Waals surface area (Å²) in [7, 11) is 1.69. The lowest BCUT2D eigenvalue weighted by atomic mass is 9.89. The summed E-state index contributed by atoms with van der Waals surface area (Å²) in [5.41, 5.74) is 1.14. The number of nitro benzene ring substituents is 1. The molecule has 0 atom stereocenters. The van der Waals surface area contributed by atoms with Crippen LogP contribution in [0.4, 0.5) is 11.4 Å². The van der Waals surface area contributed by atoms with Crippen LogP contribution in [0.2, 0.25) is 0 Å². The van der Waals surface area contributed by atoms with Gasteiger partial charge in [0.15, 0.2) is 5.52 Å². The topological polar surface area (TPSA) is 103 Å². The molecule has 8 heteroatoms. The molecule has 1 saturated carbocycles. The number of ether oxygens (including phenoxy) is 1. The third kappa shape index (κ3) is 1.99. The molecule has 8 nitrogen and oxygen atoms in total. The zero-order chi connectivity index (χ0) is 13.4. The zero-order valence-electron chi connectivity index (χ0n) is 10.2. The van der Waals surface area contributed by atoms with Crippen molar-refractivity contribution in [2.24, 2.45) is 0 Å². The lowest BCUT2D eigenvalue weighted by molar-refractivity contribution is -0.383. The van der Waals surface area contributed by atoms with Crippen molar-refractivity contribution in [3.05, 3.63) is 22.2 Å². The van der Waals surface area contributed by atoms with Crippen molar-refractivity contribution in [1.82, 2.24) is 10.3 Å². The van der Waals surface area contributed by atoms with Crippen LogP contribution in [0.5, 0.6) is 0 Å². The first-order valence-electron chi connectivity index (χ1n) is 5.88. The normalized spacial score (nSPS) is 22.2. The van der Waals surface area contributed by atoms with Crippen LogP contribution < -0.4 is 5.32 Å². The molecule has 1 aromatic carbocycles. The van der Waals surface area contributed by atoms with E-state index in [4.69, 9.17) is 4.74 Å². The number of anilines is 1. The van der Waals surface area contributed by atoms with Crippen molar-refractivity contribution in [3.63, 3.8) is 0 Å². The molecule has 0 saturated heterocycles. The third-order valence-corrected chi connectivity index (χ3v) is 3.38. The van der Waals surface area contributed by atoms with Crippen LogP contribution in [0.3, 0.4) is 0 Å². The highest BCUT2D eigenvalue weighted by atomic mass is 16.6. The second kappa shape index (κ2) is 4.47. The Balaban J connectivity index is 1.87. The zero-order valence-corrected chi connectivity index (χ0v) is 10.2. The van der Waals surface area contributed by atoms with E-state index in [1.807, 2.05) is 0 Å². The number of hydrogen-bond donors (Lipinski definition) is 1. The Morgan fingerprint density at radius 3 is 2.84 bits per heavy atom. The van der Waals surface area contributed by atoms with Crippen LogP contribution in [0, 0.1) is 10.1 Å². The minimum absolute atomic E-state index is 0.106. The molecule has 1 N–H and O–H groups in total. The molecule has 100 valence electrons. The van der Waals surface area contributed by atoms with Gasteiger partial charge in [0.2, 0.25) is 5.52 Å². The molecule has 0 bridgehead atoms. The van der Waals surface area contributed by atoms with Gasteiger partial charge in [0.1, 0.15) is 0 Å². The molecule has 1 heterocycles. The number of non-ortho nitro benzene ring substituents is 1. The van der Waals surface area contributed by atoms with Gasteiger partial charge in [-0.3, -0.25) is 10.1 Å². The van der Waals surface area contributed by atoms with E-state index in [1.54, 1.807) is 13.2 Å². The maximum absolute atomic E-state index is 10.9. The summed E-state index contributed by atoms with van der Waals surface area (Å²) in [6, 6.07) is 3.32. The average Bonchev–Trinajstić information content (AvgIpc) is 2.81. The van der Waals surface area contributed by atoms with E-state index < -0.39 is 4.92 Å². The molecule has 0 aliphatic heterocycles. The quantitative estimate of drug-likeness (QED) is 0.662. The van der Waals surface area contributed by atoms with Gasteiger partial charge >= 0.3 is 5.69 Å². The van der Waals surface area contributed by atoms with Crippen LogP contribution in [-0.2, 0) is 4.74 Å². The molecule has 19 heavy (non-hydrogen) atoms. The minimum atomic E-state index is -0.499. The van der Waals surface area contributed by atoms with Crippen LogP contribution in [0.25, 0.3) is 11.0 Å². The highest BCUT2D eigenvalue weighted by molar-refractivity contribution is 5.93. The van der Waals surface area contributed by atoms with Gasteiger partial charge < -0.3 is 10.1 Å². The Bertz CT molecular complexity index is 620. The van der Waals surface area contributed by atoms with Crippen LogP contribution in [0.15, 0.2) is 16.8 Å². The van der Waals surface area contributed by atoms with E-state index >= 15 is 0 Å². The molecule has 1 aliphatic rings. The monoisotopic (exact) mass is 264 g/mol. The second-order valence-electron chi connectivity index (χ2n) is 4.52. The Kier molecular flexibility index (Phi) is 2.79. The second-order valence-corrected chi connectivity index (χ2v) is 4.52. The first-order chi connectivity index (χ1) is 9.19. The van der Waals surface area contributed by atoms with Crippen LogP contribution in [0.1, 0.15) is 12.8 Å². The molecule has 0 spiro atoms. The largest absolute Gasteiger partial charge is 0.381 e. The predicted molar refractivity (Wildman–Crippen MR) is 65.9 cm³/mol. The van der Waals surface area contributed by atoms with E-state index in [1.165, 1.54) is 6.07 Å². The maximum Gasteiger partial charge on any atom is 0.300 e. The summed E-state index contributed by atoms with van der Waals surface area (Å²) < 4.78 is 9.80. The van der Waals surface area contributed by atoms with Crippen LogP contribution in [-0.4, -0.2) is 34.5 Å². The molecule has 3 rings (SSSR count). The smallest absolute Gasteiger partial charge is 0.300 e. The first kappa shape index (κ1) is 11.8. The molecule has 2 aromatic rings. The van der Waals surface area contributed by atoms with Gasteiger partial charge in [0.05, 0.1) is 16.7 Å². The number of nitrogens with zero attached hydrogens (tertiary/aromatic N) is 3. The van der Waals surface area contributed by atoms with E-state index in [-0.39, 0.29) is 23.3 Å². The fourth-order valence-electron chi connectivity index (χ4n) is 2.21. The van der Waals surface area contributed by atoms with Crippen molar-refractivity contribution in [2.45, 2.75) is 25.0 Å². The number of hydrogen-bond acceptors (Lipinski definition) is 7. The van der Waals surface area contributed by atoms with Crippen molar-refractivity contribution in [1.29, 1.82) is 0 Å². The number of aromatic nitrogens is 2. The first-order valence-corrected chi connectivity index (χ1v) is 5.88. The number of rotatable bonds is 4. The van der Waals surface area contributed by atoms with E-state index in [0.29, 0.717) is 11.2 Å².